The highest BCUT2D eigenvalue weighted by Gasteiger charge is 2.27. The number of hydrogen-bond donors (Lipinski definition) is 2. The van der Waals surface area contributed by atoms with E-state index in [0.29, 0.717) is 4.90 Å². The van der Waals surface area contributed by atoms with Crippen LogP contribution in [0.15, 0.2) is 23.1 Å². The Morgan fingerprint density at radius 1 is 1.20 bits per heavy atom. The first-order valence-electron chi connectivity index (χ1n) is 7.44. The molecule has 2 unspecified atom stereocenters. The van der Waals surface area contributed by atoms with Crippen molar-refractivity contribution in [2.24, 2.45) is 0 Å². The lowest BCUT2D eigenvalue weighted by Crippen LogP contribution is -2.51. The maximum Gasteiger partial charge on any atom is 0.240 e. The number of sulfonamides is 1. The van der Waals surface area contributed by atoms with Crippen molar-refractivity contribution >= 4 is 10.0 Å². The summed E-state index contributed by atoms with van der Waals surface area (Å²) in [7, 11) is -3.40. The van der Waals surface area contributed by atoms with Gasteiger partial charge in [-0.3, -0.25) is 0 Å². The van der Waals surface area contributed by atoms with Gasteiger partial charge in [0.25, 0.3) is 0 Å². The van der Waals surface area contributed by atoms with Crippen LogP contribution in [0.1, 0.15) is 37.3 Å². The number of nitrogens with one attached hydrogen (secondary N) is 2. The second-order valence-corrected chi connectivity index (χ2v) is 7.61. The maximum absolute atomic E-state index is 12.5. The monoisotopic (exact) mass is 294 g/mol. The summed E-state index contributed by atoms with van der Waals surface area (Å²) in [6, 6.07) is 5.74. The highest BCUT2D eigenvalue weighted by atomic mass is 32.2. The van der Waals surface area contributed by atoms with Crippen molar-refractivity contribution in [3.63, 3.8) is 0 Å². The van der Waals surface area contributed by atoms with Crippen LogP contribution in [-0.4, -0.2) is 27.0 Å². The Morgan fingerprint density at radius 3 is 2.80 bits per heavy atom. The first-order chi connectivity index (χ1) is 9.56. The normalized spacial score (nSPS) is 26.4. The van der Waals surface area contributed by atoms with Crippen LogP contribution in [0.4, 0.5) is 0 Å². The molecule has 0 bridgehead atoms. The van der Waals surface area contributed by atoms with Crippen molar-refractivity contribution in [2.75, 3.05) is 6.54 Å². The van der Waals surface area contributed by atoms with Gasteiger partial charge in [0.2, 0.25) is 10.0 Å². The van der Waals surface area contributed by atoms with Gasteiger partial charge in [0.05, 0.1) is 4.90 Å². The van der Waals surface area contributed by atoms with Gasteiger partial charge in [-0.25, -0.2) is 13.1 Å². The zero-order valence-corrected chi connectivity index (χ0v) is 12.7. The molecule has 0 radical (unpaired) electrons. The first kappa shape index (κ1) is 14.0. The van der Waals surface area contributed by atoms with Crippen LogP contribution in [0.2, 0.25) is 0 Å². The molecular formula is C15H22N2O2S. The molecule has 1 saturated heterocycles. The Morgan fingerprint density at radius 2 is 2.00 bits per heavy atom. The predicted octanol–water partition coefficient (Wildman–Crippen LogP) is 1.59. The topological polar surface area (TPSA) is 58.2 Å². The number of aryl methyl sites for hydroxylation is 2. The van der Waals surface area contributed by atoms with Gasteiger partial charge in [0.1, 0.15) is 0 Å². The summed E-state index contributed by atoms with van der Waals surface area (Å²) in [5, 5.41) is 3.32. The molecule has 1 aromatic rings. The minimum absolute atomic E-state index is 0.0120. The van der Waals surface area contributed by atoms with Crippen molar-refractivity contribution in [3.8, 4) is 0 Å². The van der Waals surface area contributed by atoms with E-state index < -0.39 is 10.0 Å². The van der Waals surface area contributed by atoms with E-state index in [9.17, 15) is 8.42 Å². The van der Waals surface area contributed by atoms with E-state index in [2.05, 4.69) is 10.0 Å². The third kappa shape index (κ3) is 2.75. The Hall–Kier alpha value is -0.910. The fourth-order valence-electron chi connectivity index (χ4n) is 3.19. The Balaban J connectivity index is 1.81. The molecule has 1 aromatic carbocycles. The van der Waals surface area contributed by atoms with Crippen molar-refractivity contribution in [1.29, 1.82) is 0 Å². The van der Waals surface area contributed by atoms with Crippen LogP contribution in [0.25, 0.3) is 0 Å². The van der Waals surface area contributed by atoms with E-state index in [1.165, 1.54) is 11.1 Å². The molecule has 4 nitrogen and oxygen atoms in total. The smallest absolute Gasteiger partial charge is 0.240 e. The largest absolute Gasteiger partial charge is 0.313 e. The Labute approximate surface area is 121 Å². The number of rotatable bonds is 3. The standard InChI is InChI=1S/C15H22N2O2S/c1-11-15(6-3-9-16-11)17-20(18,19)14-8-7-12-4-2-5-13(12)10-14/h7-8,10-11,15-17H,2-6,9H2,1H3. The van der Waals surface area contributed by atoms with E-state index in [1.54, 1.807) is 6.07 Å². The zero-order valence-electron chi connectivity index (χ0n) is 11.9. The van der Waals surface area contributed by atoms with E-state index in [1.807, 2.05) is 19.1 Å². The summed E-state index contributed by atoms with van der Waals surface area (Å²) in [6.45, 7) is 3.01. The van der Waals surface area contributed by atoms with Crippen molar-refractivity contribution in [2.45, 2.75) is 56.0 Å². The van der Waals surface area contributed by atoms with Crippen molar-refractivity contribution in [1.82, 2.24) is 10.0 Å². The summed E-state index contributed by atoms with van der Waals surface area (Å²) in [5.41, 5.74) is 2.50. The van der Waals surface area contributed by atoms with Gasteiger partial charge in [-0.2, -0.15) is 0 Å². The molecule has 1 aliphatic heterocycles. The molecule has 5 heteroatoms. The average molecular weight is 294 g/mol. The molecule has 0 aromatic heterocycles. The lowest BCUT2D eigenvalue weighted by Gasteiger charge is -2.30. The fraction of sp³-hybridized carbons (Fsp3) is 0.600. The SMILES string of the molecule is CC1NCCCC1NS(=O)(=O)c1ccc2c(c1)CCC2. The van der Waals surface area contributed by atoms with Gasteiger partial charge in [0, 0.05) is 12.1 Å². The third-order valence-corrected chi connectivity index (χ3v) is 5.94. The number of hydrogen-bond acceptors (Lipinski definition) is 3. The predicted molar refractivity (Wildman–Crippen MR) is 79.3 cm³/mol. The number of benzene rings is 1. The number of fused-ring (bicyclic) bond motifs is 1. The molecular weight excluding hydrogens is 272 g/mol. The Kier molecular flexibility index (Phi) is 3.84. The van der Waals surface area contributed by atoms with Gasteiger partial charge < -0.3 is 5.32 Å². The molecule has 0 amide bonds. The lowest BCUT2D eigenvalue weighted by molar-refractivity contribution is 0.349. The maximum atomic E-state index is 12.5. The van der Waals surface area contributed by atoms with Crippen LogP contribution in [-0.2, 0) is 22.9 Å². The van der Waals surface area contributed by atoms with Crippen LogP contribution in [0.3, 0.4) is 0 Å². The average Bonchev–Trinajstić information content (AvgIpc) is 2.88. The molecule has 20 heavy (non-hydrogen) atoms. The highest BCUT2D eigenvalue weighted by molar-refractivity contribution is 7.89. The molecule has 0 spiro atoms. The fourth-order valence-corrected chi connectivity index (χ4v) is 4.59. The quantitative estimate of drug-likeness (QED) is 0.890. The van der Waals surface area contributed by atoms with Crippen LogP contribution in [0.5, 0.6) is 0 Å². The van der Waals surface area contributed by atoms with Crippen molar-refractivity contribution < 1.29 is 8.42 Å². The van der Waals surface area contributed by atoms with Crippen LogP contribution in [0, 0.1) is 0 Å². The molecule has 1 heterocycles. The van der Waals surface area contributed by atoms with Crippen molar-refractivity contribution in [3.05, 3.63) is 29.3 Å². The molecule has 1 aliphatic carbocycles. The van der Waals surface area contributed by atoms with Crippen LogP contribution >= 0.6 is 0 Å². The molecule has 2 N–H and O–H groups in total. The second kappa shape index (κ2) is 5.47. The molecule has 0 saturated carbocycles. The summed E-state index contributed by atoms with van der Waals surface area (Å²) in [6.07, 6.45) is 5.13. The van der Waals surface area contributed by atoms with E-state index in [0.717, 1.165) is 38.6 Å². The summed E-state index contributed by atoms with van der Waals surface area (Å²) >= 11 is 0. The Bertz CT molecular complexity index is 598. The summed E-state index contributed by atoms with van der Waals surface area (Å²) < 4.78 is 27.9. The van der Waals surface area contributed by atoms with E-state index in [4.69, 9.17) is 0 Å². The molecule has 1 fully saturated rings. The minimum atomic E-state index is -3.40. The summed E-state index contributed by atoms with van der Waals surface area (Å²) in [4.78, 5) is 0.413. The van der Waals surface area contributed by atoms with Gasteiger partial charge >= 0.3 is 0 Å². The third-order valence-electron chi connectivity index (χ3n) is 4.45. The van der Waals surface area contributed by atoms with Gasteiger partial charge in [0.15, 0.2) is 0 Å². The minimum Gasteiger partial charge on any atom is -0.313 e. The van der Waals surface area contributed by atoms with Crippen LogP contribution < -0.4 is 10.0 Å². The zero-order chi connectivity index (χ0) is 14.2. The van der Waals surface area contributed by atoms with E-state index >= 15 is 0 Å². The lowest BCUT2D eigenvalue weighted by atomic mass is 10.0. The van der Waals surface area contributed by atoms with Gasteiger partial charge in [-0.1, -0.05) is 6.07 Å². The molecule has 2 aliphatic rings. The molecule has 3 rings (SSSR count). The highest BCUT2D eigenvalue weighted by Crippen LogP contribution is 2.25. The first-order valence-corrected chi connectivity index (χ1v) is 8.92. The number of piperidine rings is 1. The second-order valence-electron chi connectivity index (χ2n) is 5.90. The van der Waals surface area contributed by atoms with Gasteiger partial charge in [-0.15, -0.1) is 0 Å². The summed E-state index contributed by atoms with van der Waals surface area (Å²) in [5.74, 6) is 0. The molecule has 2 atom stereocenters. The van der Waals surface area contributed by atoms with Gasteiger partial charge in [-0.05, 0) is 68.8 Å². The molecule has 110 valence electrons. The van der Waals surface area contributed by atoms with E-state index in [-0.39, 0.29) is 12.1 Å².